The highest BCUT2D eigenvalue weighted by atomic mass is 32.2. The summed E-state index contributed by atoms with van der Waals surface area (Å²) in [5.74, 6) is -0.906. The van der Waals surface area contributed by atoms with Gasteiger partial charge in [-0.1, -0.05) is 0 Å². The minimum atomic E-state index is -0.973. The molecule has 0 saturated heterocycles. The van der Waals surface area contributed by atoms with Gasteiger partial charge in [0, 0.05) is 41.4 Å². The SMILES string of the molecule is CC(CNC(=O)N(CCC(=O)O)C1CC1)S(C)=O. The molecule has 104 valence electrons. The predicted octanol–water partition coefficient (Wildman–Crippen LogP) is 0.402. The molecule has 1 fully saturated rings. The van der Waals surface area contributed by atoms with Crippen molar-refractivity contribution in [1.29, 1.82) is 0 Å². The molecule has 0 aromatic carbocycles. The molecule has 0 bridgehead atoms. The van der Waals surface area contributed by atoms with Crippen molar-refractivity contribution in [2.45, 2.75) is 37.5 Å². The van der Waals surface area contributed by atoms with E-state index in [2.05, 4.69) is 5.32 Å². The van der Waals surface area contributed by atoms with Gasteiger partial charge in [-0.25, -0.2) is 4.79 Å². The molecule has 2 atom stereocenters. The van der Waals surface area contributed by atoms with E-state index in [1.807, 2.05) is 0 Å². The number of nitrogens with zero attached hydrogens (tertiary/aromatic N) is 1. The Bertz CT molecular complexity index is 344. The zero-order valence-electron chi connectivity index (χ0n) is 10.7. The van der Waals surface area contributed by atoms with Crippen molar-refractivity contribution < 1.29 is 18.9 Å². The Kier molecular flexibility index (Phi) is 5.58. The van der Waals surface area contributed by atoms with Crippen molar-refractivity contribution in [2.24, 2.45) is 0 Å². The van der Waals surface area contributed by atoms with Crippen molar-refractivity contribution in [3.05, 3.63) is 0 Å². The second-order valence-corrected chi connectivity index (χ2v) is 6.37. The van der Waals surface area contributed by atoms with Crippen LogP contribution < -0.4 is 5.32 Å². The number of carbonyl (C=O) groups is 2. The molecular formula is C11H20N2O4S. The summed E-state index contributed by atoms with van der Waals surface area (Å²) in [7, 11) is -0.973. The van der Waals surface area contributed by atoms with E-state index in [0.717, 1.165) is 12.8 Å². The summed E-state index contributed by atoms with van der Waals surface area (Å²) in [6.07, 6.45) is 3.42. The zero-order valence-corrected chi connectivity index (χ0v) is 11.5. The van der Waals surface area contributed by atoms with E-state index in [1.54, 1.807) is 18.1 Å². The smallest absolute Gasteiger partial charge is 0.317 e. The van der Waals surface area contributed by atoms with Gasteiger partial charge in [0.05, 0.1) is 6.42 Å². The maximum atomic E-state index is 11.9. The topological polar surface area (TPSA) is 86.7 Å². The lowest BCUT2D eigenvalue weighted by Crippen LogP contribution is -2.45. The molecule has 1 saturated carbocycles. The van der Waals surface area contributed by atoms with Crippen molar-refractivity contribution >= 4 is 22.8 Å². The van der Waals surface area contributed by atoms with Gasteiger partial charge in [-0.3, -0.25) is 9.00 Å². The van der Waals surface area contributed by atoms with Gasteiger partial charge in [-0.2, -0.15) is 0 Å². The Labute approximate surface area is 109 Å². The van der Waals surface area contributed by atoms with E-state index in [9.17, 15) is 13.8 Å². The van der Waals surface area contributed by atoms with Crippen LogP contribution in [0.2, 0.25) is 0 Å². The van der Waals surface area contributed by atoms with Crippen LogP contribution in [-0.2, 0) is 15.6 Å². The van der Waals surface area contributed by atoms with Gasteiger partial charge >= 0.3 is 12.0 Å². The fourth-order valence-corrected chi connectivity index (χ4v) is 1.82. The third-order valence-electron chi connectivity index (χ3n) is 2.92. The molecule has 1 aliphatic rings. The number of urea groups is 1. The number of hydrogen-bond acceptors (Lipinski definition) is 3. The molecule has 1 rings (SSSR count). The van der Waals surface area contributed by atoms with E-state index < -0.39 is 16.8 Å². The van der Waals surface area contributed by atoms with E-state index >= 15 is 0 Å². The predicted molar refractivity (Wildman–Crippen MR) is 68.9 cm³/mol. The van der Waals surface area contributed by atoms with Crippen LogP contribution in [0.1, 0.15) is 26.2 Å². The van der Waals surface area contributed by atoms with E-state index in [1.165, 1.54) is 0 Å². The Morgan fingerprint density at radius 2 is 2.11 bits per heavy atom. The molecule has 0 aromatic rings. The van der Waals surface area contributed by atoms with Gasteiger partial charge < -0.3 is 15.3 Å². The zero-order chi connectivity index (χ0) is 13.7. The number of rotatable bonds is 7. The van der Waals surface area contributed by atoms with Crippen LogP contribution >= 0.6 is 0 Å². The molecule has 6 nitrogen and oxygen atoms in total. The molecular weight excluding hydrogens is 256 g/mol. The molecule has 0 aromatic heterocycles. The van der Waals surface area contributed by atoms with Gasteiger partial charge in [0.2, 0.25) is 0 Å². The van der Waals surface area contributed by atoms with E-state index in [-0.39, 0.29) is 30.3 Å². The number of amides is 2. The first-order chi connectivity index (χ1) is 8.41. The Morgan fingerprint density at radius 1 is 1.50 bits per heavy atom. The van der Waals surface area contributed by atoms with Crippen molar-refractivity contribution in [1.82, 2.24) is 10.2 Å². The first kappa shape index (κ1) is 14.9. The summed E-state index contributed by atoms with van der Waals surface area (Å²) < 4.78 is 11.2. The largest absolute Gasteiger partial charge is 0.481 e. The lowest BCUT2D eigenvalue weighted by molar-refractivity contribution is -0.137. The van der Waals surface area contributed by atoms with Gasteiger partial charge in [0.25, 0.3) is 0 Å². The lowest BCUT2D eigenvalue weighted by Gasteiger charge is -2.22. The number of hydrogen-bond donors (Lipinski definition) is 2. The highest BCUT2D eigenvalue weighted by molar-refractivity contribution is 7.84. The average molecular weight is 276 g/mol. The number of nitrogens with one attached hydrogen (secondary N) is 1. The van der Waals surface area contributed by atoms with E-state index in [0.29, 0.717) is 6.54 Å². The maximum absolute atomic E-state index is 11.9. The number of carboxylic acids is 1. The third kappa shape index (κ3) is 5.03. The second-order valence-electron chi connectivity index (χ2n) is 4.56. The molecule has 2 unspecified atom stereocenters. The van der Waals surface area contributed by atoms with Crippen LogP contribution in [0.5, 0.6) is 0 Å². The molecule has 2 N–H and O–H groups in total. The number of aliphatic carboxylic acids is 1. The summed E-state index contributed by atoms with van der Waals surface area (Å²) in [5, 5.41) is 11.2. The van der Waals surface area contributed by atoms with Crippen LogP contribution in [0, 0.1) is 0 Å². The van der Waals surface area contributed by atoms with Gasteiger partial charge in [0.1, 0.15) is 0 Å². The molecule has 0 spiro atoms. The maximum Gasteiger partial charge on any atom is 0.317 e. The lowest BCUT2D eigenvalue weighted by atomic mass is 10.4. The standard InChI is InChI=1S/C11H20N2O4S/c1-8(18(2)17)7-12-11(16)13(9-3-4-9)6-5-10(14)15/h8-9H,3-7H2,1-2H3,(H,12,16)(H,14,15). The highest BCUT2D eigenvalue weighted by Crippen LogP contribution is 2.26. The summed E-state index contributed by atoms with van der Waals surface area (Å²) in [6, 6.07) is -0.0807. The fourth-order valence-electron chi connectivity index (χ4n) is 1.50. The molecule has 2 amide bonds. The monoisotopic (exact) mass is 276 g/mol. The summed E-state index contributed by atoms with van der Waals surface area (Å²) in [4.78, 5) is 24.0. The molecule has 0 radical (unpaired) electrons. The number of carboxylic acid groups (broad SMARTS) is 1. The third-order valence-corrected chi connectivity index (χ3v) is 4.22. The Morgan fingerprint density at radius 3 is 2.56 bits per heavy atom. The van der Waals surface area contributed by atoms with Crippen LogP contribution in [-0.4, -0.2) is 56.9 Å². The van der Waals surface area contributed by atoms with Crippen LogP contribution in [0.25, 0.3) is 0 Å². The average Bonchev–Trinajstić information content (AvgIpc) is 3.09. The van der Waals surface area contributed by atoms with Crippen molar-refractivity contribution in [3.63, 3.8) is 0 Å². The Balaban J connectivity index is 2.40. The molecule has 18 heavy (non-hydrogen) atoms. The van der Waals surface area contributed by atoms with Crippen LogP contribution in [0.4, 0.5) is 4.79 Å². The normalized spacial score (nSPS) is 17.9. The minimum Gasteiger partial charge on any atom is -0.481 e. The molecule has 0 heterocycles. The Hall–Kier alpha value is -1.11. The van der Waals surface area contributed by atoms with Crippen LogP contribution in [0.3, 0.4) is 0 Å². The highest BCUT2D eigenvalue weighted by Gasteiger charge is 2.32. The fraction of sp³-hybridized carbons (Fsp3) is 0.818. The van der Waals surface area contributed by atoms with Gasteiger partial charge in [0.15, 0.2) is 0 Å². The number of carbonyl (C=O) groups excluding carboxylic acids is 1. The quantitative estimate of drug-likeness (QED) is 0.705. The van der Waals surface area contributed by atoms with Gasteiger partial charge in [-0.05, 0) is 19.8 Å². The molecule has 7 heteroatoms. The summed E-state index contributed by atoms with van der Waals surface area (Å²) in [6.45, 7) is 2.38. The second kappa shape index (κ2) is 6.72. The van der Waals surface area contributed by atoms with Crippen molar-refractivity contribution in [2.75, 3.05) is 19.3 Å². The first-order valence-corrected chi connectivity index (χ1v) is 7.62. The van der Waals surface area contributed by atoms with Gasteiger partial charge in [-0.15, -0.1) is 0 Å². The summed E-state index contributed by atoms with van der Waals surface area (Å²) >= 11 is 0. The molecule has 1 aliphatic carbocycles. The van der Waals surface area contributed by atoms with E-state index in [4.69, 9.17) is 5.11 Å². The van der Waals surface area contributed by atoms with Crippen molar-refractivity contribution in [3.8, 4) is 0 Å². The minimum absolute atomic E-state index is 0.0425. The molecule has 0 aliphatic heterocycles. The van der Waals surface area contributed by atoms with Crippen LogP contribution in [0.15, 0.2) is 0 Å². The first-order valence-electron chi connectivity index (χ1n) is 6.00. The summed E-state index contributed by atoms with van der Waals surface area (Å²) in [5.41, 5.74) is 0.